The fourth-order valence-corrected chi connectivity index (χ4v) is 2.92. The Morgan fingerprint density at radius 3 is 2.50 bits per heavy atom. The average molecular weight is 296 g/mol. The van der Waals surface area contributed by atoms with Crippen molar-refractivity contribution in [3.8, 4) is 11.5 Å². The predicted molar refractivity (Wildman–Crippen MR) is 77.0 cm³/mol. The molecule has 20 heavy (non-hydrogen) atoms. The molecule has 2 heterocycles. The summed E-state index contributed by atoms with van der Waals surface area (Å²) in [5, 5.41) is 3.72. The molecule has 3 rings (SSSR count). The zero-order chi connectivity index (χ0) is 13.9. The summed E-state index contributed by atoms with van der Waals surface area (Å²) in [6.07, 6.45) is 2.57. The first-order chi connectivity index (χ1) is 9.75. The van der Waals surface area contributed by atoms with Crippen LogP contribution in [0.2, 0.25) is 5.02 Å². The third kappa shape index (κ3) is 2.76. The van der Waals surface area contributed by atoms with Gasteiger partial charge in [0.1, 0.15) is 0 Å². The minimum absolute atomic E-state index is 0.0542. The molecule has 1 N–H and O–H groups in total. The van der Waals surface area contributed by atoms with E-state index in [0.717, 1.165) is 32.4 Å². The Kier molecular flexibility index (Phi) is 4.13. The Bertz CT molecular complexity index is 512. The molecule has 0 saturated carbocycles. The molecule has 4 nitrogen and oxygen atoms in total. The van der Waals surface area contributed by atoms with Crippen molar-refractivity contribution < 1.29 is 14.3 Å². The van der Waals surface area contributed by atoms with Gasteiger partial charge in [0.15, 0.2) is 17.3 Å². The zero-order valence-electron chi connectivity index (χ0n) is 11.3. The molecule has 0 radical (unpaired) electrons. The number of benzene rings is 1. The van der Waals surface area contributed by atoms with Gasteiger partial charge >= 0.3 is 0 Å². The number of piperidine rings is 1. The van der Waals surface area contributed by atoms with Crippen molar-refractivity contribution >= 4 is 17.4 Å². The van der Waals surface area contributed by atoms with Gasteiger partial charge in [-0.05, 0) is 32.0 Å². The van der Waals surface area contributed by atoms with E-state index in [1.54, 1.807) is 12.1 Å². The minimum Gasteiger partial charge on any atom is -0.490 e. The Hall–Kier alpha value is -1.26. The van der Waals surface area contributed by atoms with Crippen LogP contribution in [0.15, 0.2) is 12.1 Å². The normalized spacial score (nSPS) is 19.4. The van der Waals surface area contributed by atoms with Crippen molar-refractivity contribution in [2.75, 3.05) is 26.3 Å². The zero-order valence-corrected chi connectivity index (χ0v) is 12.0. The second-order valence-electron chi connectivity index (χ2n) is 5.22. The summed E-state index contributed by atoms with van der Waals surface area (Å²) in [7, 11) is 0. The second kappa shape index (κ2) is 6.02. The lowest BCUT2D eigenvalue weighted by atomic mass is 9.89. The van der Waals surface area contributed by atoms with Gasteiger partial charge in [0, 0.05) is 24.0 Å². The van der Waals surface area contributed by atoms with Crippen LogP contribution in [0.4, 0.5) is 0 Å². The first-order valence-corrected chi connectivity index (χ1v) is 7.47. The number of ether oxygens (including phenoxy) is 2. The summed E-state index contributed by atoms with van der Waals surface area (Å²) in [4.78, 5) is 12.6. The summed E-state index contributed by atoms with van der Waals surface area (Å²) in [5.41, 5.74) is 0.558. The van der Waals surface area contributed by atoms with Crippen LogP contribution in [-0.2, 0) is 0 Å². The maximum Gasteiger partial charge on any atom is 0.167 e. The second-order valence-corrected chi connectivity index (χ2v) is 5.62. The topological polar surface area (TPSA) is 47.6 Å². The number of rotatable bonds is 2. The summed E-state index contributed by atoms with van der Waals surface area (Å²) in [6, 6.07) is 3.45. The Morgan fingerprint density at radius 1 is 1.15 bits per heavy atom. The average Bonchev–Trinajstić information content (AvgIpc) is 2.71. The molecule has 2 aliphatic rings. The van der Waals surface area contributed by atoms with E-state index in [9.17, 15) is 4.79 Å². The smallest absolute Gasteiger partial charge is 0.167 e. The van der Waals surface area contributed by atoms with Crippen LogP contribution in [0.3, 0.4) is 0 Å². The number of carbonyl (C=O) groups is 1. The molecular weight excluding hydrogens is 278 g/mol. The highest BCUT2D eigenvalue weighted by molar-refractivity contribution is 6.34. The molecule has 0 spiro atoms. The number of carbonyl (C=O) groups excluding carboxylic acids is 1. The monoisotopic (exact) mass is 295 g/mol. The standard InChI is InChI=1S/C15H18ClNO3/c16-12-9-14-13(19-6-1-7-20-14)8-11(12)15(18)10-2-4-17-5-3-10/h8-10,17H,1-7H2. The van der Waals surface area contributed by atoms with Crippen molar-refractivity contribution in [1.29, 1.82) is 0 Å². The van der Waals surface area contributed by atoms with Crippen molar-refractivity contribution in [3.05, 3.63) is 22.7 Å². The molecule has 0 unspecified atom stereocenters. The molecule has 0 aliphatic carbocycles. The summed E-state index contributed by atoms with van der Waals surface area (Å²) in [6.45, 7) is 3.00. The van der Waals surface area contributed by atoms with Crippen molar-refractivity contribution in [2.45, 2.75) is 19.3 Å². The first kappa shape index (κ1) is 13.7. The van der Waals surface area contributed by atoms with Crippen molar-refractivity contribution in [3.63, 3.8) is 0 Å². The van der Waals surface area contributed by atoms with Crippen LogP contribution < -0.4 is 14.8 Å². The van der Waals surface area contributed by atoms with E-state index in [0.29, 0.717) is 35.3 Å². The molecule has 1 saturated heterocycles. The molecule has 0 atom stereocenters. The molecule has 0 aromatic heterocycles. The van der Waals surface area contributed by atoms with E-state index in [-0.39, 0.29) is 11.7 Å². The van der Waals surface area contributed by atoms with Gasteiger partial charge in [-0.25, -0.2) is 0 Å². The summed E-state index contributed by atoms with van der Waals surface area (Å²) < 4.78 is 11.2. The number of hydrogen-bond acceptors (Lipinski definition) is 4. The van der Waals surface area contributed by atoms with Crippen LogP contribution in [0, 0.1) is 5.92 Å². The van der Waals surface area contributed by atoms with Crippen LogP contribution in [0.1, 0.15) is 29.6 Å². The SMILES string of the molecule is O=C(c1cc2c(cc1Cl)OCCCO2)C1CCNCC1. The van der Waals surface area contributed by atoms with Gasteiger partial charge in [0.25, 0.3) is 0 Å². The van der Waals surface area contributed by atoms with Crippen LogP contribution in [-0.4, -0.2) is 32.1 Å². The highest BCUT2D eigenvalue weighted by Crippen LogP contribution is 2.36. The van der Waals surface area contributed by atoms with Gasteiger partial charge in [0.2, 0.25) is 0 Å². The van der Waals surface area contributed by atoms with Gasteiger partial charge < -0.3 is 14.8 Å². The molecule has 0 bridgehead atoms. The molecule has 0 amide bonds. The maximum atomic E-state index is 12.6. The number of nitrogens with one attached hydrogen (secondary N) is 1. The lowest BCUT2D eigenvalue weighted by molar-refractivity contribution is 0.0895. The van der Waals surface area contributed by atoms with E-state index in [2.05, 4.69) is 5.32 Å². The van der Waals surface area contributed by atoms with E-state index >= 15 is 0 Å². The van der Waals surface area contributed by atoms with Crippen molar-refractivity contribution in [1.82, 2.24) is 5.32 Å². The number of halogens is 1. The molecule has 1 aromatic carbocycles. The Morgan fingerprint density at radius 2 is 1.80 bits per heavy atom. The highest BCUT2D eigenvalue weighted by atomic mass is 35.5. The quantitative estimate of drug-likeness (QED) is 0.852. The van der Waals surface area contributed by atoms with Crippen LogP contribution >= 0.6 is 11.6 Å². The molecule has 108 valence electrons. The largest absolute Gasteiger partial charge is 0.490 e. The number of hydrogen-bond donors (Lipinski definition) is 1. The summed E-state index contributed by atoms with van der Waals surface area (Å²) in [5.74, 6) is 1.43. The van der Waals surface area contributed by atoms with E-state index < -0.39 is 0 Å². The third-order valence-electron chi connectivity index (χ3n) is 3.81. The lowest BCUT2D eigenvalue weighted by Crippen LogP contribution is -2.32. The number of Topliss-reactive ketones (excluding diaryl/α,β-unsaturated/α-hetero) is 1. The van der Waals surface area contributed by atoms with Gasteiger partial charge in [-0.1, -0.05) is 11.6 Å². The van der Waals surface area contributed by atoms with Crippen molar-refractivity contribution in [2.24, 2.45) is 5.92 Å². The lowest BCUT2D eigenvalue weighted by Gasteiger charge is -2.22. The van der Waals surface area contributed by atoms with Gasteiger partial charge in [-0.15, -0.1) is 0 Å². The predicted octanol–water partition coefficient (Wildman–Crippen LogP) is 2.68. The minimum atomic E-state index is 0.0542. The van der Waals surface area contributed by atoms with E-state index in [4.69, 9.17) is 21.1 Å². The molecule has 5 heteroatoms. The molecule has 1 fully saturated rings. The van der Waals surface area contributed by atoms with Crippen LogP contribution in [0.25, 0.3) is 0 Å². The molecule has 1 aromatic rings. The maximum absolute atomic E-state index is 12.6. The fourth-order valence-electron chi connectivity index (χ4n) is 2.68. The van der Waals surface area contributed by atoms with Gasteiger partial charge in [-0.3, -0.25) is 4.79 Å². The van der Waals surface area contributed by atoms with Gasteiger partial charge in [-0.2, -0.15) is 0 Å². The van der Waals surface area contributed by atoms with Gasteiger partial charge in [0.05, 0.1) is 18.2 Å². The van der Waals surface area contributed by atoms with Crippen LogP contribution in [0.5, 0.6) is 11.5 Å². The molecule has 2 aliphatic heterocycles. The number of ketones is 1. The Balaban J connectivity index is 1.88. The highest BCUT2D eigenvalue weighted by Gasteiger charge is 2.26. The number of fused-ring (bicyclic) bond motifs is 1. The summed E-state index contributed by atoms with van der Waals surface area (Å²) >= 11 is 6.26. The fraction of sp³-hybridized carbons (Fsp3) is 0.533. The third-order valence-corrected chi connectivity index (χ3v) is 4.13. The van der Waals surface area contributed by atoms with E-state index in [1.807, 2.05) is 0 Å². The Labute approximate surface area is 123 Å². The molecular formula is C15H18ClNO3. The first-order valence-electron chi connectivity index (χ1n) is 7.10. The van der Waals surface area contributed by atoms with E-state index in [1.165, 1.54) is 0 Å².